The second-order valence-electron chi connectivity index (χ2n) is 5.54. The van der Waals surface area contributed by atoms with Crippen molar-refractivity contribution >= 4 is 5.97 Å². The monoisotopic (exact) mass is 262 g/mol. The van der Waals surface area contributed by atoms with Crippen molar-refractivity contribution in [1.82, 2.24) is 0 Å². The van der Waals surface area contributed by atoms with Gasteiger partial charge in [0.2, 0.25) is 0 Å². The lowest BCUT2D eigenvalue weighted by Crippen LogP contribution is -2.25. The van der Waals surface area contributed by atoms with Gasteiger partial charge in [-0.05, 0) is 48.8 Å². The van der Waals surface area contributed by atoms with Crippen LogP contribution in [0.25, 0.3) is 0 Å². The molecular formula is C16H22O3. The summed E-state index contributed by atoms with van der Waals surface area (Å²) in [5.74, 6) is 1.21. The van der Waals surface area contributed by atoms with E-state index in [1.54, 1.807) is 0 Å². The molecule has 1 aliphatic rings. The van der Waals surface area contributed by atoms with Gasteiger partial charge in [-0.15, -0.1) is 0 Å². The number of ether oxygens (including phenoxy) is 1. The van der Waals surface area contributed by atoms with E-state index >= 15 is 0 Å². The highest BCUT2D eigenvalue weighted by molar-refractivity contribution is 5.72. The van der Waals surface area contributed by atoms with E-state index in [9.17, 15) is 4.79 Å². The van der Waals surface area contributed by atoms with Crippen LogP contribution in [0.1, 0.15) is 51.0 Å². The molecule has 0 heterocycles. The second-order valence-corrected chi connectivity index (χ2v) is 5.54. The SMILES string of the molecule is CCC(Oc1ccc([C@@H]2CCC(C)C2)cc1)C(=O)O. The first-order valence-electron chi connectivity index (χ1n) is 7.09. The summed E-state index contributed by atoms with van der Waals surface area (Å²) in [6.07, 6.45) is 3.54. The minimum atomic E-state index is -0.906. The predicted octanol–water partition coefficient (Wildman–Crippen LogP) is 3.83. The molecular weight excluding hydrogens is 240 g/mol. The number of aliphatic carboxylic acids is 1. The number of rotatable bonds is 5. The van der Waals surface area contributed by atoms with Gasteiger partial charge in [0.05, 0.1) is 0 Å². The molecule has 1 aromatic carbocycles. The number of carbonyl (C=O) groups is 1. The average Bonchev–Trinajstić information content (AvgIpc) is 2.83. The van der Waals surface area contributed by atoms with E-state index in [4.69, 9.17) is 9.84 Å². The Morgan fingerprint density at radius 1 is 1.37 bits per heavy atom. The zero-order chi connectivity index (χ0) is 13.8. The zero-order valence-electron chi connectivity index (χ0n) is 11.6. The van der Waals surface area contributed by atoms with Crippen molar-refractivity contribution < 1.29 is 14.6 Å². The molecule has 2 unspecified atom stereocenters. The molecule has 1 saturated carbocycles. The Morgan fingerprint density at radius 2 is 2.05 bits per heavy atom. The molecule has 1 aromatic rings. The second kappa shape index (κ2) is 6.09. The fraction of sp³-hybridized carbons (Fsp3) is 0.562. The van der Waals surface area contributed by atoms with Crippen LogP contribution < -0.4 is 4.74 Å². The Hall–Kier alpha value is -1.51. The van der Waals surface area contributed by atoms with Crippen LogP contribution in [0.5, 0.6) is 5.75 Å². The highest BCUT2D eigenvalue weighted by atomic mass is 16.5. The molecule has 0 radical (unpaired) electrons. The quantitative estimate of drug-likeness (QED) is 0.877. The molecule has 0 aliphatic heterocycles. The van der Waals surface area contributed by atoms with Gasteiger partial charge < -0.3 is 9.84 Å². The molecule has 0 spiro atoms. The maximum absolute atomic E-state index is 10.9. The minimum absolute atomic E-state index is 0.469. The third kappa shape index (κ3) is 3.49. The Morgan fingerprint density at radius 3 is 2.53 bits per heavy atom. The van der Waals surface area contributed by atoms with Gasteiger partial charge in [0, 0.05) is 0 Å². The van der Waals surface area contributed by atoms with E-state index in [2.05, 4.69) is 19.1 Å². The highest BCUT2D eigenvalue weighted by Gasteiger charge is 2.23. The van der Waals surface area contributed by atoms with Gasteiger partial charge in [0.1, 0.15) is 5.75 Å². The topological polar surface area (TPSA) is 46.5 Å². The summed E-state index contributed by atoms with van der Waals surface area (Å²) in [6, 6.07) is 7.94. The summed E-state index contributed by atoms with van der Waals surface area (Å²) in [5.41, 5.74) is 1.35. The third-order valence-electron chi connectivity index (χ3n) is 3.97. The van der Waals surface area contributed by atoms with Crippen molar-refractivity contribution in [2.24, 2.45) is 5.92 Å². The van der Waals surface area contributed by atoms with Crippen LogP contribution in [0.3, 0.4) is 0 Å². The lowest BCUT2D eigenvalue weighted by molar-refractivity contribution is -0.145. The van der Waals surface area contributed by atoms with Gasteiger partial charge in [0.15, 0.2) is 6.10 Å². The Balaban J connectivity index is 2.00. The molecule has 0 bridgehead atoms. The summed E-state index contributed by atoms with van der Waals surface area (Å²) in [5, 5.41) is 8.97. The number of carboxylic acids is 1. The molecule has 0 saturated heterocycles. The zero-order valence-corrected chi connectivity index (χ0v) is 11.6. The van der Waals surface area contributed by atoms with Gasteiger partial charge in [-0.25, -0.2) is 4.79 Å². The first kappa shape index (κ1) is 13.9. The molecule has 19 heavy (non-hydrogen) atoms. The largest absolute Gasteiger partial charge is 0.479 e. The fourth-order valence-corrected chi connectivity index (χ4v) is 2.80. The first-order valence-corrected chi connectivity index (χ1v) is 7.09. The van der Waals surface area contributed by atoms with Crippen molar-refractivity contribution in [3.63, 3.8) is 0 Å². The van der Waals surface area contributed by atoms with Crippen molar-refractivity contribution in [3.05, 3.63) is 29.8 Å². The van der Waals surface area contributed by atoms with Gasteiger partial charge in [-0.3, -0.25) is 0 Å². The Labute approximate surface area is 114 Å². The van der Waals surface area contributed by atoms with Crippen LogP contribution in [-0.2, 0) is 4.79 Å². The number of carboxylic acid groups (broad SMARTS) is 1. The van der Waals surface area contributed by atoms with Crippen LogP contribution >= 0.6 is 0 Å². The molecule has 0 aromatic heterocycles. The Bertz CT molecular complexity index is 424. The van der Waals surface area contributed by atoms with Gasteiger partial charge >= 0.3 is 5.97 Å². The maximum atomic E-state index is 10.9. The van der Waals surface area contributed by atoms with E-state index in [1.165, 1.54) is 24.8 Å². The van der Waals surface area contributed by atoms with Crippen LogP contribution in [0, 0.1) is 5.92 Å². The molecule has 3 heteroatoms. The molecule has 3 nitrogen and oxygen atoms in total. The predicted molar refractivity (Wildman–Crippen MR) is 74.5 cm³/mol. The lowest BCUT2D eigenvalue weighted by Gasteiger charge is -2.15. The van der Waals surface area contributed by atoms with Crippen molar-refractivity contribution in [2.75, 3.05) is 0 Å². The summed E-state index contributed by atoms with van der Waals surface area (Å²) < 4.78 is 5.46. The van der Waals surface area contributed by atoms with Gasteiger partial charge in [-0.1, -0.05) is 32.4 Å². The van der Waals surface area contributed by atoms with Crippen LogP contribution in [0.15, 0.2) is 24.3 Å². The standard InChI is InChI=1S/C16H22O3/c1-3-15(16(17)18)19-14-8-6-12(7-9-14)13-5-4-11(2)10-13/h6-9,11,13,15H,3-5,10H2,1-2H3,(H,17,18)/t11?,13-,15?/m1/s1. The molecule has 1 aliphatic carbocycles. The lowest BCUT2D eigenvalue weighted by atomic mass is 9.97. The first-order chi connectivity index (χ1) is 9.10. The van der Waals surface area contributed by atoms with Crippen molar-refractivity contribution in [3.8, 4) is 5.75 Å². The molecule has 3 atom stereocenters. The number of benzene rings is 1. The van der Waals surface area contributed by atoms with E-state index in [0.29, 0.717) is 18.1 Å². The van der Waals surface area contributed by atoms with Crippen LogP contribution in [-0.4, -0.2) is 17.2 Å². The molecule has 0 amide bonds. The van der Waals surface area contributed by atoms with Crippen molar-refractivity contribution in [1.29, 1.82) is 0 Å². The smallest absolute Gasteiger partial charge is 0.344 e. The maximum Gasteiger partial charge on any atom is 0.344 e. The third-order valence-corrected chi connectivity index (χ3v) is 3.97. The van der Waals surface area contributed by atoms with Crippen LogP contribution in [0.4, 0.5) is 0 Å². The van der Waals surface area contributed by atoms with E-state index in [1.807, 2.05) is 19.1 Å². The minimum Gasteiger partial charge on any atom is -0.479 e. The summed E-state index contributed by atoms with van der Waals surface area (Å²) in [6.45, 7) is 4.11. The fourth-order valence-electron chi connectivity index (χ4n) is 2.80. The molecule has 1 N–H and O–H groups in total. The highest BCUT2D eigenvalue weighted by Crippen LogP contribution is 2.38. The van der Waals surface area contributed by atoms with Crippen molar-refractivity contribution in [2.45, 2.75) is 51.6 Å². The van der Waals surface area contributed by atoms with Crippen LogP contribution in [0.2, 0.25) is 0 Å². The summed E-state index contributed by atoms with van der Waals surface area (Å²) in [4.78, 5) is 10.9. The van der Waals surface area contributed by atoms with Gasteiger partial charge in [-0.2, -0.15) is 0 Å². The molecule has 2 rings (SSSR count). The van der Waals surface area contributed by atoms with E-state index in [-0.39, 0.29) is 0 Å². The van der Waals surface area contributed by atoms with Gasteiger partial charge in [0.25, 0.3) is 0 Å². The normalized spacial score (nSPS) is 24.1. The number of hydrogen-bond donors (Lipinski definition) is 1. The summed E-state index contributed by atoms with van der Waals surface area (Å²) in [7, 11) is 0. The molecule has 1 fully saturated rings. The number of hydrogen-bond acceptors (Lipinski definition) is 2. The van der Waals surface area contributed by atoms with E-state index < -0.39 is 12.1 Å². The average molecular weight is 262 g/mol. The molecule has 104 valence electrons. The van der Waals surface area contributed by atoms with E-state index in [0.717, 1.165) is 5.92 Å². The summed E-state index contributed by atoms with van der Waals surface area (Å²) >= 11 is 0. The Kier molecular flexibility index (Phi) is 4.46.